The summed E-state index contributed by atoms with van der Waals surface area (Å²) in [4.78, 5) is 25.2. The zero-order valence-electron chi connectivity index (χ0n) is 15.9. The van der Waals surface area contributed by atoms with Gasteiger partial charge in [-0.15, -0.1) is 0 Å². The molecule has 0 spiro atoms. The van der Waals surface area contributed by atoms with Gasteiger partial charge in [-0.25, -0.2) is 0 Å². The van der Waals surface area contributed by atoms with Crippen LogP contribution in [0.2, 0.25) is 0 Å². The van der Waals surface area contributed by atoms with E-state index in [0.717, 1.165) is 11.3 Å². The molecule has 0 saturated carbocycles. The van der Waals surface area contributed by atoms with E-state index < -0.39 is 5.41 Å². The minimum atomic E-state index is -1.23. The van der Waals surface area contributed by atoms with Gasteiger partial charge in [-0.05, 0) is 76.6 Å². The molecule has 2 aromatic carbocycles. The van der Waals surface area contributed by atoms with Crippen LogP contribution in [0.1, 0.15) is 33.3 Å². The Labute approximate surface area is 154 Å². The highest BCUT2D eigenvalue weighted by atomic mass is 16.5. The van der Waals surface area contributed by atoms with Gasteiger partial charge in [0.2, 0.25) is 11.8 Å². The molecule has 0 aliphatic heterocycles. The van der Waals surface area contributed by atoms with Crippen LogP contribution < -0.4 is 15.4 Å². The Balaban J connectivity index is 2.03. The average molecular weight is 354 g/mol. The third-order valence-corrected chi connectivity index (χ3v) is 3.90. The molecule has 5 nitrogen and oxygen atoms in total. The molecule has 0 unspecified atom stereocenters. The van der Waals surface area contributed by atoms with Crippen LogP contribution >= 0.6 is 0 Å². The molecule has 2 rings (SSSR count). The van der Waals surface area contributed by atoms with Gasteiger partial charge in [-0.1, -0.05) is 12.1 Å². The largest absolute Gasteiger partial charge is 0.491 e. The van der Waals surface area contributed by atoms with Gasteiger partial charge in [-0.3, -0.25) is 9.59 Å². The number of nitrogens with one attached hydrogen (secondary N) is 2. The number of benzene rings is 2. The van der Waals surface area contributed by atoms with Crippen molar-refractivity contribution in [1.82, 2.24) is 0 Å². The van der Waals surface area contributed by atoms with E-state index in [4.69, 9.17) is 4.74 Å². The Hall–Kier alpha value is -2.82. The highest BCUT2D eigenvalue weighted by molar-refractivity contribution is 6.14. The van der Waals surface area contributed by atoms with Gasteiger partial charge in [0, 0.05) is 11.4 Å². The van der Waals surface area contributed by atoms with Gasteiger partial charge >= 0.3 is 0 Å². The van der Waals surface area contributed by atoms with E-state index in [1.54, 1.807) is 44.2 Å². The van der Waals surface area contributed by atoms with Crippen LogP contribution in [0.5, 0.6) is 5.75 Å². The molecule has 138 valence electrons. The second kappa shape index (κ2) is 8.04. The number of aryl methyl sites for hydroxylation is 1. The maximum absolute atomic E-state index is 12.6. The number of hydrogen-bond donors (Lipinski definition) is 2. The maximum Gasteiger partial charge on any atom is 0.239 e. The van der Waals surface area contributed by atoms with Crippen molar-refractivity contribution >= 4 is 23.2 Å². The predicted octanol–water partition coefficient (Wildman–Crippen LogP) is 4.39. The molecule has 0 aliphatic carbocycles. The third kappa shape index (κ3) is 5.09. The molecule has 2 N–H and O–H groups in total. The summed E-state index contributed by atoms with van der Waals surface area (Å²) in [6, 6.07) is 14.5. The van der Waals surface area contributed by atoms with Gasteiger partial charge in [0.1, 0.15) is 11.2 Å². The monoisotopic (exact) mass is 354 g/mol. The summed E-state index contributed by atoms with van der Waals surface area (Å²) in [5.74, 6) is -0.00464. The highest BCUT2D eigenvalue weighted by Gasteiger charge is 2.36. The van der Waals surface area contributed by atoms with Crippen LogP contribution in [0.4, 0.5) is 11.4 Å². The van der Waals surface area contributed by atoms with Gasteiger partial charge in [-0.2, -0.15) is 0 Å². The Morgan fingerprint density at radius 2 is 1.50 bits per heavy atom. The first kappa shape index (κ1) is 19.5. The van der Waals surface area contributed by atoms with Crippen LogP contribution in [-0.2, 0) is 9.59 Å². The maximum atomic E-state index is 12.6. The summed E-state index contributed by atoms with van der Waals surface area (Å²) in [5.41, 5.74) is 1.10. The van der Waals surface area contributed by atoms with Crippen LogP contribution in [0.25, 0.3) is 0 Å². The molecule has 0 bridgehead atoms. The fraction of sp³-hybridized carbons (Fsp3) is 0.333. The number of hydrogen-bond acceptors (Lipinski definition) is 3. The van der Waals surface area contributed by atoms with Gasteiger partial charge in [0.25, 0.3) is 0 Å². The first-order valence-electron chi connectivity index (χ1n) is 8.65. The van der Waals surface area contributed by atoms with E-state index in [-0.39, 0.29) is 17.9 Å². The zero-order valence-corrected chi connectivity index (χ0v) is 15.9. The van der Waals surface area contributed by atoms with Gasteiger partial charge in [0.15, 0.2) is 0 Å². The molecule has 0 saturated heterocycles. The van der Waals surface area contributed by atoms with E-state index in [1.165, 1.54) is 0 Å². The summed E-state index contributed by atoms with van der Waals surface area (Å²) >= 11 is 0. The summed E-state index contributed by atoms with van der Waals surface area (Å²) in [6.07, 6.45) is 0.0830. The van der Waals surface area contributed by atoms with E-state index >= 15 is 0 Å². The van der Waals surface area contributed by atoms with E-state index in [0.29, 0.717) is 11.4 Å². The standard InChI is InChI=1S/C21H26N2O3/c1-14(2)26-18-11-9-16(10-12-18)22-19(24)21(4,5)20(25)23-17-8-6-7-15(3)13-17/h6-14H,1-5H3,(H,22,24)(H,23,25). The SMILES string of the molecule is Cc1cccc(NC(=O)C(C)(C)C(=O)Nc2ccc(OC(C)C)cc2)c1. The Morgan fingerprint density at radius 1 is 0.923 bits per heavy atom. The fourth-order valence-corrected chi connectivity index (χ4v) is 2.29. The lowest BCUT2D eigenvalue weighted by Crippen LogP contribution is -2.41. The summed E-state index contributed by atoms with van der Waals surface area (Å²) in [6.45, 7) is 9.05. The molecule has 2 aromatic rings. The normalized spacial score (nSPS) is 11.2. The molecular weight excluding hydrogens is 328 g/mol. The molecule has 5 heteroatoms. The minimum Gasteiger partial charge on any atom is -0.491 e. The van der Waals surface area contributed by atoms with Crippen LogP contribution in [0.15, 0.2) is 48.5 Å². The minimum absolute atomic E-state index is 0.0830. The lowest BCUT2D eigenvalue weighted by atomic mass is 9.90. The second-order valence-electron chi connectivity index (χ2n) is 7.09. The number of amides is 2. The molecule has 0 aromatic heterocycles. The lowest BCUT2D eigenvalue weighted by molar-refractivity contribution is -0.135. The van der Waals surface area contributed by atoms with Crippen LogP contribution in [0.3, 0.4) is 0 Å². The summed E-state index contributed by atoms with van der Waals surface area (Å²) in [7, 11) is 0. The van der Waals surface area contributed by atoms with Gasteiger partial charge < -0.3 is 15.4 Å². The first-order valence-corrected chi connectivity index (χ1v) is 8.65. The van der Waals surface area contributed by atoms with Crippen LogP contribution in [-0.4, -0.2) is 17.9 Å². The first-order chi connectivity index (χ1) is 12.2. The number of anilines is 2. The smallest absolute Gasteiger partial charge is 0.239 e. The molecular formula is C21H26N2O3. The van der Waals surface area contributed by atoms with Crippen LogP contribution in [0, 0.1) is 12.3 Å². The average Bonchev–Trinajstić information content (AvgIpc) is 2.56. The zero-order chi connectivity index (χ0) is 19.3. The predicted molar refractivity (Wildman–Crippen MR) is 104 cm³/mol. The molecule has 0 atom stereocenters. The second-order valence-corrected chi connectivity index (χ2v) is 7.09. The van der Waals surface area contributed by atoms with Gasteiger partial charge in [0.05, 0.1) is 6.10 Å². The third-order valence-electron chi connectivity index (χ3n) is 3.90. The van der Waals surface area contributed by atoms with Crippen molar-refractivity contribution in [1.29, 1.82) is 0 Å². The van der Waals surface area contributed by atoms with E-state index in [9.17, 15) is 9.59 Å². The fourth-order valence-electron chi connectivity index (χ4n) is 2.29. The molecule has 0 heterocycles. The van der Waals surface area contributed by atoms with Crippen molar-refractivity contribution in [3.8, 4) is 5.75 Å². The number of carbonyl (C=O) groups excluding carboxylic acids is 2. The molecule has 2 amide bonds. The molecule has 0 radical (unpaired) electrons. The topological polar surface area (TPSA) is 67.4 Å². The van der Waals surface area contributed by atoms with Crippen molar-refractivity contribution in [3.05, 3.63) is 54.1 Å². The van der Waals surface area contributed by atoms with E-state index in [2.05, 4.69) is 10.6 Å². The van der Waals surface area contributed by atoms with Crippen molar-refractivity contribution in [2.24, 2.45) is 5.41 Å². The van der Waals surface area contributed by atoms with E-state index in [1.807, 2.05) is 39.0 Å². The molecule has 26 heavy (non-hydrogen) atoms. The van der Waals surface area contributed by atoms with Crippen molar-refractivity contribution in [2.45, 2.75) is 40.7 Å². The lowest BCUT2D eigenvalue weighted by Gasteiger charge is -2.23. The quantitative estimate of drug-likeness (QED) is 0.756. The van der Waals surface area contributed by atoms with Crippen molar-refractivity contribution < 1.29 is 14.3 Å². The number of ether oxygens (including phenoxy) is 1. The molecule has 0 fully saturated rings. The van der Waals surface area contributed by atoms with Crippen molar-refractivity contribution in [3.63, 3.8) is 0 Å². The Morgan fingerprint density at radius 3 is 2.04 bits per heavy atom. The van der Waals surface area contributed by atoms with Crippen molar-refractivity contribution in [2.75, 3.05) is 10.6 Å². The summed E-state index contributed by atoms with van der Waals surface area (Å²) in [5, 5.41) is 5.59. The number of rotatable bonds is 6. The Bertz CT molecular complexity index is 780. The number of carbonyl (C=O) groups is 2. The highest BCUT2D eigenvalue weighted by Crippen LogP contribution is 2.23. The summed E-state index contributed by atoms with van der Waals surface area (Å²) < 4.78 is 5.58. The molecule has 0 aliphatic rings. The Kier molecular flexibility index (Phi) is 6.03.